The van der Waals surface area contributed by atoms with Crippen LogP contribution in [0.2, 0.25) is 0 Å². The maximum atomic E-state index is 5.39. The number of aromatic nitrogens is 1. The average Bonchev–Trinajstić information content (AvgIpc) is 3.01. The fourth-order valence-corrected chi connectivity index (χ4v) is 5.42. The Morgan fingerprint density at radius 1 is 1.00 bits per heavy atom. The summed E-state index contributed by atoms with van der Waals surface area (Å²) in [5, 5.41) is 12.7. The molecule has 0 spiro atoms. The van der Waals surface area contributed by atoms with Crippen LogP contribution < -0.4 is 4.74 Å². The number of nitrogens with zero attached hydrogens (tertiary/aromatic N) is 4. The zero-order valence-electron chi connectivity index (χ0n) is 27.0. The second kappa shape index (κ2) is 18.0. The van der Waals surface area contributed by atoms with Crippen molar-refractivity contribution in [2.24, 2.45) is 10.3 Å². The van der Waals surface area contributed by atoms with Gasteiger partial charge in [-0.15, -0.1) is 0 Å². The standard InChI is InChI=1S/C37H48N4OS/c1-8-37(41(40-38-4)26-10-9-11-27-43(6)7)32-21-18-30(19-22-32)20-23-36-35(34(29(2)3)24-25-39-36)17-13-15-31-14-12-16-33(28-31)42-5/h8-10,12-14,16-19,21-22,24-25,27-29H,11,15,20,23,26H2,1-7H3/b10-9?,17-13-,37-8-,40-38?. The van der Waals surface area contributed by atoms with Gasteiger partial charge in [0.2, 0.25) is 0 Å². The van der Waals surface area contributed by atoms with E-state index < -0.39 is 0 Å². The largest absolute Gasteiger partial charge is 0.497 e. The molecule has 43 heavy (non-hydrogen) atoms. The Morgan fingerprint density at radius 2 is 1.79 bits per heavy atom. The molecule has 0 bridgehead atoms. The first-order valence-electron chi connectivity index (χ1n) is 15.0. The van der Waals surface area contributed by atoms with Gasteiger partial charge in [0, 0.05) is 11.9 Å². The highest BCUT2D eigenvalue weighted by molar-refractivity contribution is 8.13. The predicted molar refractivity (Wildman–Crippen MR) is 188 cm³/mol. The minimum absolute atomic E-state index is 0.341. The molecule has 3 aromatic rings. The molecule has 1 heterocycles. The van der Waals surface area contributed by atoms with E-state index in [9.17, 15) is 0 Å². The average molecular weight is 597 g/mol. The van der Waals surface area contributed by atoms with E-state index in [1.165, 1.54) is 22.3 Å². The van der Waals surface area contributed by atoms with Crippen LogP contribution >= 0.6 is 10.5 Å². The smallest absolute Gasteiger partial charge is 0.119 e. The Bertz CT molecular complexity index is 1450. The first kappa shape index (κ1) is 33.7. The van der Waals surface area contributed by atoms with Gasteiger partial charge in [0.1, 0.15) is 5.75 Å². The Kier molecular flexibility index (Phi) is 14.1. The topological polar surface area (TPSA) is 50.1 Å². The fourth-order valence-electron chi connectivity index (χ4n) is 4.92. The van der Waals surface area contributed by atoms with Crippen LogP contribution in [0.3, 0.4) is 0 Å². The molecule has 0 aliphatic carbocycles. The molecule has 0 atom stereocenters. The summed E-state index contributed by atoms with van der Waals surface area (Å²) in [6.07, 6.45) is 21.0. The summed E-state index contributed by atoms with van der Waals surface area (Å²) in [6.45, 7) is 7.23. The Balaban J connectivity index is 1.73. The van der Waals surface area contributed by atoms with Crippen molar-refractivity contribution in [1.29, 1.82) is 0 Å². The highest BCUT2D eigenvalue weighted by Gasteiger charge is 2.12. The molecule has 0 aliphatic rings. The third kappa shape index (κ3) is 10.8. The number of hydrogen-bond donors (Lipinski definition) is 0. The Labute approximate surface area is 262 Å². The molecule has 0 fully saturated rings. The van der Waals surface area contributed by atoms with Gasteiger partial charge in [-0.2, -0.15) is 15.6 Å². The van der Waals surface area contributed by atoms with Gasteiger partial charge in [-0.05, 0) is 97.1 Å². The third-order valence-electron chi connectivity index (χ3n) is 7.16. The van der Waals surface area contributed by atoms with E-state index in [1.54, 1.807) is 14.2 Å². The van der Waals surface area contributed by atoms with Crippen molar-refractivity contribution >= 4 is 27.6 Å². The summed E-state index contributed by atoms with van der Waals surface area (Å²) in [4.78, 5) is 4.83. The number of aryl methyl sites for hydroxylation is 2. The highest BCUT2D eigenvalue weighted by atomic mass is 32.2. The van der Waals surface area contributed by atoms with E-state index in [2.05, 4.69) is 122 Å². The third-order valence-corrected chi connectivity index (χ3v) is 8.02. The molecule has 0 amide bonds. The Morgan fingerprint density at radius 3 is 2.47 bits per heavy atom. The van der Waals surface area contributed by atoms with Crippen LogP contribution in [0.15, 0.2) is 95.4 Å². The van der Waals surface area contributed by atoms with Crippen LogP contribution in [0.4, 0.5) is 0 Å². The van der Waals surface area contributed by atoms with Crippen LogP contribution in [0.1, 0.15) is 66.6 Å². The summed E-state index contributed by atoms with van der Waals surface area (Å²) in [5.41, 5.74) is 8.41. The van der Waals surface area contributed by atoms with Crippen molar-refractivity contribution in [3.05, 3.63) is 119 Å². The number of ether oxygens (including phenoxy) is 1. The van der Waals surface area contributed by atoms with Gasteiger partial charge in [0.25, 0.3) is 0 Å². The molecule has 3 rings (SSSR count). The monoisotopic (exact) mass is 596 g/mol. The summed E-state index contributed by atoms with van der Waals surface area (Å²) >= 11 is 0. The molecule has 0 N–H and O–H groups in total. The molecule has 6 heteroatoms. The van der Waals surface area contributed by atoms with Gasteiger partial charge in [-0.3, -0.25) is 4.98 Å². The van der Waals surface area contributed by atoms with Crippen LogP contribution in [-0.4, -0.2) is 48.6 Å². The molecule has 2 aromatic carbocycles. The molecular formula is C37H48N4OS. The number of allylic oxidation sites excluding steroid dienone is 3. The van der Waals surface area contributed by atoms with Crippen LogP contribution in [-0.2, 0) is 19.3 Å². The zero-order chi connectivity index (χ0) is 31.0. The molecule has 228 valence electrons. The maximum absolute atomic E-state index is 5.39. The summed E-state index contributed by atoms with van der Waals surface area (Å²) < 4.78 is 5.39. The number of pyridine rings is 1. The van der Waals surface area contributed by atoms with E-state index in [0.717, 1.165) is 48.4 Å². The van der Waals surface area contributed by atoms with Crippen molar-refractivity contribution in [2.75, 3.05) is 33.2 Å². The van der Waals surface area contributed by atoms with Gasteiger partial charge < -0.3 is 4.74 Å². The van der Waals surface area contributed by atoms with Gasteiger partial charge in [0.15, 0.2) is 0 Å². The Hall–Kier alpha value is -3.77. The molecule has 1 aromatic heterocycles. The number of rotatable bonds is 15. The van der Waals surface area contributed by atoms with Gasteiger partial charge in [0.05, 0.1) is 26.4 Å². The molecule has 0 unspecified atom stereocenters. The number of methoxy groups -OCH3 is 1. The first-order chi connectivity index (χ1) is 20.9. The lowest BCUT2D eigenvalue weighted by Gasteiger charge is -2.20. The van der Waals surface area contributed by atoms with Crippen molar-refractivity contribution in [3.8, 4) is 5.75 Å². The molecular weight excluding hydrogens is 549 g/mol. The van der Waals surface area contributed by atoms with Crippen molar-refractivity contribution in [2.45, 2.75) is 52.4 Å². The van der Waals surface area contributed by atoms with Crippen molar-refractivity contribution in [3.63, 3.8) is 0 Å². The van der Waals surface area contributed by atoms with E-state index >= 15 is 0 Å². The maximum Gasteiger partial charge on any atom is 0.119 e. The minimum atomic E-state index is 0.341. The molecule has 5 nitrogen and oxygen atoms in total. The van der Waals surface area contributed by atoms with Crippen LogP contribution in [0.5, 0.6) is 5.75 Å². The van der Waals surface area contributed by atoms with Gasteiger partial charge >= 0.3 is 0 Å². The summed E-state index contributed by atoms with van der Waals surface area (Å²) in [6, 6.07) is 19.2. The SMILES string of the molecule is C/C=C(/c1ccc(CCc2nccc(C(C)C)c2/C=C\Cc2cccc(OC)c2)cc1)N(CC=CCC=S(C)C)N=NC. The lowest BCUT2D eigenvalue weighted by Crippen LogP contribution is -2.15. The second-order valence-corrected chi connectivity index (χ2v) is 13.0. The molecule has 0 radical (unpaired) electrons. The second-order valence-electron chi connectivity index (χ2n) is 10.9. The molecule has 0 saturated carbocycles. The molecule has 0 aliphatic heterocycles. The first-order valence-corrected chi connectivity index (χ1v) is 17.1. The lowest BCUT2D eigenvalue weighted by molar-refractivity contribution is 0.414. The van der Waals surface area contributed by atoms with Gasteiger partial charge in [-0.25, -0.2) is 5.01 Å². The normalized spacial score (nSPS) is 12.3. The quantitative estimate of drug-likeness (QED) is 0.0761. The van der Waals surface area contributed by atoms with Crippen LogP contribution in [0.25, 0.3) is 11.8 Å². The number of hydrogen-bond acceptors (Lipinski definition) is 4. The van der Waals surface area contributed by atoms with Crippen molar-refractivity contribution in [1.82, 2.24) is 9.99 Å². The van der Waals surface area contributed by atoms with Crippen LogP contribution in [0, 0.1) is 0 Å². The van der Waals surface area contributed by atoms with Crippen molar-refractivity contribution < 1.29 is 4.74 Å². The predicted octanol–water partition coefficient (Wildman–Crippen LogP) is 9.19. The number of benzene rings is 2. The van der Waals surface area contributed by atoms with Gasteiger partial charge in [-0.1, -0.05) is 91.2 Å². The van der Waals surface area contributed by atoms with E-state index in [4.69, 9.17) is 9.72 Å². The zero-order valence-corrected chi connectivity index (χ0v) is 27.8. The van der Waals surface area contributed by atoms with E-state index in [1.807, 2.05) is 23.3 Å². The highest BCUT2D eigenvalue weighted by Crippen LogP contribution is 2.25. The minimum Gasteiger partial charge on any atom is -0.497 e. The lowest BCUT2D eigenvalue weighted by atomic mass is 9.93. The fraction of sp³-hybridized carbons (Fsp3) is 0.351. The summed E-state index contributed by atoms with van der Waals surface area (Å²) in [7, 11) is 3.76. The summed E-state index contributed by atoms with van der Waals surface area (Å²) in [5.74, 6) is 1.31. The molecule has 0 saturated heterocycles. The van der Waals surface area contributed by atoms with E-state index in [0.29, 0.717) is 22.9 Å². The van der Waals surface area contributed by atoms with E-state index in [-0.39, 0.29) is 0 Å².